The Morgan fingerprint density at radius 1 is 1.15 bits per heavy atom. The van der Waals surface area contributed by atoms with Gasteiger partial charge in [0.1, 0.15) is 0 Å². The van der Waals surface area contributed by atoms with Gasteiger partial charge in [0.15, 0.2) is 0 Å². The largest absolute Gasteiger partial charge is 0.0654 e. The Hall–Kier alpha value is 0. The van der Waals surface area contributed by atoms with E-state index in [2.05, 4.69) is 20.8 Å². The summed E-state index contributed by atoms with van der Waals surface area (Å²) in [6, 6.07) is 0. The summed E-state index contributed by atoms with van der Waals surface area (Å²) in [7, 11) is 0. The van der Waals surface area contributed by atoms with E-state index in [1.54, 1.807) is 0 Å². The summed E-state index contributed by atoms with van der Waals surface area (Å²) >= 11 is 0. The first kappa shape index (κ1) is 11.1. The van der Waals surface area contributed by atoms with Crippen LogP contribution in [0.5, 0.6) is 0 Å². The van der Waals surface area contributed by atoms with E-state index in [0.29, 0.717) is 0 Å². The molecule has 0 nitrogen and oxygen atoms in total. The smallest absolute Gasteiger partial charge is 0.0383 e. The van der Waals surface area contributed by atoms with E-state index in [1.807, 2.05) is 0 Å². The molecule has 1 aliphatic carbocycles. The minimum atomic E-state index is 0.909. The quantitative estimate of drug-likeness (QED) is 0.581. The number of hydrogen-bond donors (Lipinski definition) is 0. The van der Waals surface area contributed by atoms with Crippen molar-refractivity contribution in [2.24, 2.45) is 17.8 Å². The second kappa shape index (κ2) is 5.67. The average Bonchev–Trinajstić information content (AvgIpc) is 2.48. The molecule has 0 heterocycles. The summed E-state index contributed by atoms with van der Waals surface area (Å²) in [6.45, 7) is 7.05. The lowest BCUT2D eigenvalue weighted by molar-refractivity contribution is 0.303. The molecule has 1 fully saturated rings. The molecule has 0 bridgehead atoms. The number of unbranched alkanes of at least 4 members (excludes halogenated alkanes) is 1. The van der Waals surface area contributed by atoms with Crippen LogP contribution in [0, 0.1) is 17.8 Å². The summed E-state index contributed by atoms with van der Waals surface area (Å²) in [6.07, 6.45) is 10.4. The van der Waals surface area contributed by atoms with Crippen LogP contribution in [-0.4, -0.2) is 0 Å². The van der Waals surface area contributed by atoms with Gasteiger partial charge in [-0.1, -0.05) is 59.3 Å². The van der Waals surface area contributed by atoms with Crippen molar-refractivity contribution in [1.82, 2.24) is 0 Å². The summed E-state index contributed by atoms with van der Waals surface area (Å²) in [4.78, 5) is 0. The third-order valence-electron chi connectivity index (χ3n) is 3.52. The molecule has 0 spiro atoms. The van der Waals surface area contributed by atoms with Gasteiger partial charge in [0, 0.05) is 0 Å². The maximum atomic E-state index is 2.37. The zero-order chi connectivity index (χ0) is 9.68. The van der Waals surface area contributed by atoms with Crippen molar-refractivity contribution in [3.8, 4) is 0 Å². The molecular weight excluding hydrogens is 156 g/mol. The van der Waals surface area contributed by atoms with Gasteiger partial charge in [0.05, 0.1) is 0 Å². The van der Waals surface area contributed by atoms with Crippen molar-refractivity contribution in [3.05, 3.63) is 0 Å². The van der Waals surface area contributed by atoms with Crippen LogP contribution < -0.4 is 0 Å². The molecule has 0 heteroatoms. The van der Waals surface area contributed by atoms with Gasteiger partial charge in [-0.05, 0) is 24.2 Å². The van der Waals surface area contributed by atoms with Gasteiger partial charge in [0.25, 0.3) is 0 Å². The molecule has 13 heavy (non-hydrogen) atoms. The molecule has 0 radical (unpaired) electrons. The summed E-state index contributed by atoms with van der Waals surface area (Å²) < 4.78 is 0. The van der Waals surface area contributed by atoms with Crippen molar-refractivity contribution in [2.45, 2.75) is 65.7 Å². The van der Waals surface area contributed by atoms with E-state index in [9.17, 15) is 0 Å². The van der Waals surface area contributed by atoms with Gasteiger partial charge in [-0.2, -0.15) is 0 Å². The molecule has 78 valence electrons. The predicted octanol–water partition coefficient (Wildman–Crippen LogP) is 4.64. The molecule has 0 aromatic heterocycles. The Labute approximate surface area is 84.1 Å². The topological polar surface area (TPSA) is 0 Å². The highest BCUT2D eigenvalue weighted by Gasteiger charge is 2.26. The van der Waals surface area contributed by atoms with Crippen molar-refractivity contribution in [2.75, 3.05) is 0 Å². The molecule has 0 aromatic carbocycles. The molecule has 2 atom stereocenters. The molecule has 0 aromatic rings. The van der Waals surface area contributed by atoms with E-state index in [4.69, 9.17) is 0 Å². The lowest BCUT2D eigenvalue weighted by atomic mass is 9.85. The molecule has 0 amide bonds. The van der Waals surface area contributed by atoms with E-state index in [-0.39, 0.29) is 0 Å². The third-order valence-corrected chi connectivity index (χ3v) is 3.52. The SMILES string of the molecule is CCCCC1CCCC1CC(C)C. The van der Waals surface area contributed by atoms with E-state index < -0.39 is 0 Å². The lowest BCUT2D eigenvalue weighted by Gasteiger charge is -2.20. The van der Waals surface area contributed by atoms with E-state index in [1.165, 1.54) is 44.9 Å². The zero-order valence-electron chi connectivity index (χ0n) is 9.68. The first-order chi connectivity index (χ1) is 6.24. The predicted molar refractivity (Wildman–Crippen MR) is 59.8 cm³/mol. The highest BCUT2D eigenvalue weighted by Crippen LogP contribution is 2.38. The molecule has 0 N–H and O–H groups in total. The van der Waals surface area contributed by atoms with Crippen LogP contribution >= 0.6 is 0 Å². The Bertz CT molecular complexity index is 126. The van der Waals surface area contributed by atoms with Gasteiger partial charge in [-0.3, -0.25) is 0 Å². The molecule has 1 saturated carbocycles. The third kappa shape index (κ3) is 3.70. The second-order valence-electron chi connectivity index (χ2n) is 5.22. The Kier molecular flexibility index (Phi) is 4.83. The highest BCUT2D eigenvalue weighted by atomic mass is 14.3. The molecule has 2 unspecified atom stereocenters. The van der Waals surface area contributed by atoms with Crippen molar-refractivity contribution < 1.29 is 0 Å². The normalized spacial score (nSPS) is 28.6. The zero-order valence-corrected chi connectivity index (χ0v) is 9.68. The van der Waals surface area contributed by atoms with Gasteiger partial charge in [0.2, 0.25) is 0 Å². The van der Waals surface area contributed by atoms with Gasteiger partial charge in [-0.15, -0.1) is 0 Å². The first-order valence-corrected chi connectivity index (χ1v) is 6.24. The molecular formula is C13H26. The Morgan fingerprint density at radius 2 is 1.85 bits per heavy atom. The Morgan fingerprint density at radius 3 is 2.46 bits per heavy atom. The van der Waals surface area contributed by atoms with Crippen LogP contribution in [0.2, 0.25) is 0 Å². The molecule has 1 rings (SSSR count). The maximum absolute atomic E-state index is 2.37. The number of rotatable bonds is 5. The van der Waals surface area contributed by atoms with Crippen LogP contribution in [0.3, 0.4) is 0 Å². The van der Waals surface area contributed by atoms with E-state index >= 15 is 0 Å². The molecule has 0 aliphatic heterocycles. The van der Waals surface area contributed by atoms with Gasteiger partial charge >= 0.3 is 0 Å². The highest BCUT2D eigenvalue weighted by molar-refractivity contribution is 4.78. The van der Waals surface area contributed by atoms with Crippen molar-refractivity contribution in [1.29, 1.82) is 0 Å². The van der Waals surface area contributed by atoms with Crippen LogP contribution in [0.25, 0.3) is 0 Å². The summed E-state index contributed by atoms with van der Waals surface area (Å²) in [5, 5.41) is 0. The van der Waals surface area contributed by atoms with Crippen LogP contribution in [0.15, 0.2) is 0 Å². The monoisotopic (exact) mass is 182 g/mol. The fourth-order valence-electron chi connectivity index (χ4n) is 2.88. The van der Waals surface area contributed by atoms with Crippen LogP contribution in [-0.2, 0) is 0 Å². The standard InChI is InChI=1S/C13H26/c1-4-5-7-12-8-6-9-13(12)10-11(2)3/h11-13H,4-10H2,1-3H3. The molecule has 1 aliphatic rings. The number of hydrogen-bond acceptors (Lipinski definition) is 0. The van der Waals surface area contributed by atoms with Crippen molar-refractivity contribution in [3.63, 3.8) is 0 Å². The minimum Gasteiger partial charge on any atom is -0.0654 e. The fourth-order valence-corrected chi connectivity index (χ4v) is 2.88. The summed E-state index contributed by atoms with van der Waals surface area (Å²) in [5.74, 6) is 3.07. The average molecular weight is 182 g/mol. The van der Waals surface area contributed by atoms with Gasteiger partial charge < -0.3 is 0 Å². The first-order valence-electron chi connectivity index (χ1n) is 6.24. The summed E-state index contributed by atoms with van der Waals surface area (Å²) in [5.41, 5.74) is 0. The fraction of sp³-hybridized carbons (Fsp3) is 1.00. The molecule has 0 saturated heterocycles. The van der Waals surface area contributed by atoms with Crippen molar-refractivity contribution >= 4 is 0 Å². The lowest BCUT2D eigenvalue weighted by Crippen LogP contribution is -2.10. The van der Waals surface area contributed by atoms with Gasteiger partial charge in [-0.25, -0.2) is 0 Å². The Balaban J connectivity index is 2.26. The van der Waals surface area contributed by atoms with Crippen LogP contribution in [0.4, 0.5) is 0 Å². The maximum Gasteiger partial charge on any atom is -0.0383 e. The van der Waals surface area contributed by atoms with Crippen LogP contribution in [0.1, 0.15) is 65.7 Å². The second-order valence-corrected chi connectivity index (χ2v) is 5.22. The minimum absolute atomic E-state index is 0.909. The van der Waals surface area contributed by atoms with E-state index in [0.717, 1.165) is 17.8 Å².